The van der Waals surface area contributed by atoms with Gasteiger partial charge in [0.1, 0.15) is 0 Å². The lowest BCUT2D eigenvalue weighted by Crippen LogP contribution is -2.50. The smallest absolute Gasteiger partial charge is 0.338 e. The number of rotatable bonds is 5. The molecule has 1 aliphatic carbocycles. The van der Waals surface area contributed by atoms with E-state index in [0.717, 1.165) is 32.1 Å². The van der Waals surface area contributed by atoms with E-state index < -0.39 is 22.4 Å². The topological polar surface area (TPSA) is 105 Å². The van der Waals surface area contributed by atoms with E-state index in [1.807, 2.05) is 6.07 Å². The molecular formula is C20H24N2O5S. The molecule has 0 radical (unpaired) electrons. The number of hydrogen-bond donors (Lipinski definition) is 0. The zero-order chi connectivity index (χ0) is 20.1. The maximum atomic E-state index is 12.9. The molecule has 0 aromatic heterocycles. The van der Waals surface area contributed by atoms with E-state index in [4.69, 9.17) is 10.00 Å². The van der Waals surface area contributed by atoms with Crippen molar-refractivity contribution in [3.05, 3.63) is 35.4 Å². The lowest BCUT2D eigenvalue weighted by molar-refractivity contribution is -0.140. The molecule has 8 heteroatoms. The maximum absolute atomic E-state index is 12.9. The molecule has 7 nitrogen and oxygen atoms in total. The summed E-state index contributed by atoms with van der Waals surface area (Å²) in [6.07, 6.45) is 5.29. The van der Waals surface area contributed by atoms with Gasteiger partial charge in [-0.3, -0.25) is 4.79 Å². The van der Waals surface area contributed by atoms with Crippen molar-refractivity contribution in [3.8, 4) is 6.07 Å². The van der Waals surface area contributed by atoms with Gasteiger partial charge in [0.15, 0.2) is 16.4 Å². The summed E-state index contributed by atoms with van der Waals surface area (Å²) in [5, 5.41) is 8.81. The molecule has 1 amide bonds. The zero-order valence-electron chi connectivity index (χ0n) is 15.7. The minimum absolute atomic E-state index is 0.00756. The quantitative estimate of drug-likeness (QED) is 0.696. The molecule has 0 unspecified atom stereocenters. The Hall–Kier alpha value is -2.40. The number of ether oxygens (including phenoxy) is 1. The molecule has 1 aliphatic heterocycles. The van der Waals surface area contributed by atoms with E-state index >= 15 is 0 Å². The summed E-state index contributed by atoms with van der Waals surface area (Å²) in [4.78, 5) is 26.8. The summed E-state index contributed by atoms with van der Waals surface area (Å²) in [5.41, 5.74) is 0.693. The van der Waals surface area contributed by atoms with Crippen LogP contribution in [0.25, 0.3) is 0 Å². The molecule has 0 spiro atoms. The Morgan fingerprint density at radius 1 is 1.07 bits per heavy atom. The van der Waals surface area contributed by atoms with E-state index in [9.17, 15) is 18.0 Å². The summed E-state index contributed by atoms with van der Waals surface area (Å²) in [6, 6.07) is 7.62. The molecule has 1 saturated heterocycles. The predicted octanol–water partition coefficient (Wildman–Crippen LogP) is 2.06. The number of sulfone groups is 1. The van der Waals surface area contributed by atoms with E-state index in [-0.39, 0.29) is 35.1 Å². The summed E-state index contributed by atoms with van der Waals surface area (Å²) in [6.45, 7) is -0.411. The molecule has 2 aliphatic rings. The number of carbonyl (C=O) groups is 2. The highest BCUT2D eigenvalue weighted by Crippen LogP contribution is 2.28. The van der Waals surface area contributed by atoms with Crippen LogP contribution in [0.1, 0.15) is 54.4 Å². The van der Waals surface area contributed by atoms with Crippen LogP contribution in [-0.4, -0.2) is 55.4 Å². The predicted molar refractivity (Wildman–Crippen MR) is 102 cm³/mol. The number of amides is 1. The Morgan fingerprint density at radius 2 is 1.75 bits per heavy atom. The van der Waals surface area contributed by atoms with Crippen molar-refractivity contribution in [2.24, 2.45) is 0 Å². The number of carbonyl (C=O) groups excluding carboxylic acids is 2. The molecule has 1 aromatic carbocycles. The van der Waals surface area contributed by atoms with Gasteiger partial charge in [-0.15, -0.1) is 0 Å². The van der Waals surface area contributed by atoms with Crippen LogP contribution in [0.3, 0.4) is 0 Å². The fraction of sp³-hybridized carbons (Fsp3) is 0.550. The normalized spacial score (nSPS) is 21.6. The molecule has 2 fully saturated rings. The van der Waals surface area contributed by atoms with Crippen LogP contribution in [0.15, 0.2) is 24.3 Å². The van der Waals surface area contributed by atoms with Crippen LogP contribution in [0, 0.1) is 11.3 Å². The van der Waals surface area contributed by atoms with Gasteiger partial charge in [-0.1, -0.05) is 19.3 Å². The first-order chi connectivity index (χ1) is 13.4. The van der Waals surface area contributed by atoms with Gasteiger partial charge in [0.05, 0.1) is 28.7 Å². The number of hydrogen-bond acceptors (Lipinski definition) is 6. The van der Waals surface area contributed by atoms with Crippen molar-refractivity contribution >= 4 is 21.7 Å². The first-order valence-electron chi connectivity index (χ1n) is 9.58. The Morgan fingerprint density at radius 3 is 2.32 bits per heavy atom. The van der Waals surface area contributed by atoms with Crippen molar-refractivity contribution in [3.63, 3.8) is 0 Å². The highest BCUT2D eigenvalue weighted by atomic mass is 32.2. The Balaban J connectivity index is 1.66. The molecule has 1 saturated carbocycles. The van der Waals surface area contributed by atoms with E-state index in [1.54, 1.807) is 4.90 Å². The minimum atomic E-state index is -3.12. The first-order valence-corrected chi connectivity index (χ1v) is 11.4. The van der Waals surface area contributed by atoms with Crippen molar-refractivity contribution in [2.45, 2.75) is 50.6 Å². The summed E-state index contributed by atoms with van der Waals surface area (Å²) < 4.78 is 29.0. The molecular weight excluding hydrogens is 380 g/mol. The zero-order valence-corrected chi connectivity index (χ0v) is 16.5. The molecule has 1 heterocycles. The fourth-order valence-electron chi connectivity index (χ4n) is 4.03. The minimum Gasteiger partial charge on any atom is -0.452 e. The lowest BCUT2D eigenvalue weighted by Gasteiger charge is -2.38. The van der Waals surface area contributed by atoms with Crippen LogP contribution in [0.4, 0.5) is 0 Å². The largest absolute Gasteiger partial charge is 0.452 e. The Labute approximate surface area is 165 Å². The molecule has 150 valence electrons. The summed E-state index contributed by atoms with van der Waals surface area (Å²) in [5.74, 6) is -0.894. The average Bonchev–Trinajstić information content (AvgIpc) is 3.06. The second-order valence-electron chi connectivity index (χ2n) is 7.41. The average molecular weight is 404 g/mol. The van der Waals surface area contributed by atoms with E-state index in [0.29, 0.717) is 12.0 Å². The summed E-state index contributed by atoms with van der Waals surface area (Å²) in [7, 11) is -3.12. The Kier molecular flexibility index (Phi) is 6.35. The third kappa shape index (κ3) is 4.90. The van der Waals surface area contributed by atoms with Gasteiger partial charge < -0.3 is 9.64 Å². The monoisotopic (exact) mass is 404 g/mol. The fourth-order valence-corrected chi connectivity index (χ4v) is 5.74. The number of nitrogens with zero attached hydrogens (tertiary/aromatic N) is 2. The third-order valence-electron chi connectivity index (χ3n) is 5.43. The maximum Gasteiger partial charge on any atom is 0.338 e. The number of benzene rings is 1. The van der Waals surface area contributed by atoms with Gasteiger partial charge in [0.25, 0.3) is 5.91 Å². The van der Waals surface area contributed by atoms with Crippen molar-refractivity contribution in [1.82, 2.24) is 4.90 Å². The number of esters is 1. The molecule has 28 heavy (non-hydrogen) atoms. The standard InChI is InChI=1S/C20H24N2O5S/c21-12-15-6-8-16(9-7-15)20(24)27-13-19(23)22(17-4-2-1-3-5-17)18-10-11-28(25,26)14-18/h6-9,17-18H,1-5,10-11,13-14H2/t18-/m0/s1. The summed E-state index contributed by atoms with van der Waals surface area (Å²) >= 11 is 0. The third-order valence-corrected chi connectivity index (χ3v) is 7.18. The highest BCUT2D eigenvalue weighted by molar-refractivity contribution is 7.91. The second-order valence-corrected chi connectivity index (χ2v) is 9.64. The van der Waals surface area contributed by atoms with E-state index in [2.05, 4.69) is 0 Å². The molecule has 0 bridgehead atoms. The van der Waals surface area contributed by atoms with Gasteiger partial charge >= 0.3 is 5.97 Å². The molecule has 3 rings (SSSR count). The first kappa shape index (κ1) is 20.3. The van der Waals surface area contributed by atoms with Crippen molar-refractivity contribution in [2.75, 3.05) is 18.1 Å². The van der Waals surface area contributed by atoms with Crippen molar-refractivity contribution in [1.29, 1.82) is 5.26 Å². The molecule has 1 atom stereocenters. The van der Waals surface area contributed by atoms with Gasteiger partial charge in [-0.2, -0.15) is 5.26 Å². The van der Waals surface area contributed by atoms with Crippen LogP contribution < -0.4 is 0 Å². The number of nitriles is 1. The second kappa shape index (κ2) is 8.74. The molecule has 0 N–H and O–H groups in total. The lowest BCUT2D eigenvalue weighted by atomic mass is 9.93. The van der Waals surface area contributed by atoms with Crippen LogP contribution in [0.2, 0.25) is 0 Å². The van der Waals surface area contributed by atoms with Gasteiger partial charge in [-0.05, 0) is 43.5 Å². The van der Waals surface area contributed by atoms with Crippen LogP contribution >= 0.6 is 0 Å². The highest BCUT2D eigenvalue weighted by Gasteiger charge is 2.38. The van der Waals surface area contributed by atoms with Gasteiger partial charge in [-0.25, -0.2) is 13.2 Å². The van der Waals surface area contributed by atoms with Crippen LogP contribution in [0.5, 0.6) is 0 Å². The SMILES string of the molecule is N#Cc1ccc(C(=O)OCC(=O)N(C2CCCCC2)[C@H]2CCS(=O)(=O)C2)cc1. The Bertz CT molecular complexity index is 867. The van der Waals surface area contributed by atoms with Gasteiger partial charge in [0, 0.05) is 12.1 Å². The van der Waals surface area contributed by atoms with Gasteiger partial charge in [0.2, 0.25) is 0 Å². The molecule has 1 aromatic rings. The van der Waals surface area contributed by atoms with E-state index in [1.165, 1.54) is 24.3 Å². The van der Waals surface area contributed by atoms with Crippen LogP contribution in [-0.2, 0) is 19.4 Å². The van der Waals surface area contributed by atoms with Crippen molar-refractivity contribution < 1.29 is 22.7 Å².